The molecule has 7 heteroatoms. The average molecular weight is 294 g/mol. The van der Waals surface area contributed by atoms with E-state index in [1.807, 2.05) is 25.3 Å². The van der Waals surface area contributed by atoms with Gasteiger partial charge in [-0.15, -0.1) is 0 Å². The van der Waals surface area contributed by atoms with Gasteiger partial charge in [0.1, 0.15) is 5.92 Å². The smallest absolute Gasteiger partial charge is 0.316 e. The molecule has 2 rings (SSSR count). The fourth-order valence-corrected chi connectivity index (χ4v) is 2.56. The number of Topliss-reactive ketones (excluding diaryl/α,β-unsaturated/α-hetero) is 1. The van der Waals surface area contributed by atoms with Gasteiger partial charge < -0.3 is 9.30 Å². The molecule has 0 bridgehead atoms. The number of aryl methyl sites for hydroxylation is 1. The maximum atomic E-state index is 12.1. The fourth-order valence-electron chi connectivity index (χ4n) is 2.56. The van der Waals surface area contributed by atoms with Gasteiger partial charge in [0.05, 0.1) is 0 Å². The van der Waals surface area contributed by atoms with Crippen molar-refractivity contribution in [1.82, 2.24) is 4.57 Å². The van der Waals surface area contributed by atoms with Crippen molar-refractivity contribution in [1.29, 1.82) is 0 Å². The number of aromatic nitrogens is 1. The minimum Gasteiger partial charge on any atom is -0.457 e. The summed E-state index contributed by atoms with van der Waals surface area (Å²) >= 11 is 0. The van der Waals surface area contributed by atoms with E-state index >= 15 is 0 Å². The third-order valence-electron chi connectivity index (χ3n) is 3.87. The highest BCUT2D eigenvalue weighted by atomic mass is 16.6. The van der Waals surface area contributed by atoms with Gasteiger partial charge in [0, 0.05) is 34.8 Å². The van der Waals surface area contributed by atoms with Crippen LogP contribution in [0.1, 0.15) is 35.1 Å². The Bertz CT molecular complexity index is 605. The summed E-state index contributed by atoms with van der Waals surface area (Å²) < 4.78 is 6.90. The van der Waals surface area contributed by atoms with Crippen LogP contribution in [0.2, 0.25) is 0 Å². The minimum absolute atomic E-state index is 0.199. The summed E-state index contributed by atoms with van der Waals surface area (Å²) in [5, 5.41) is 10.5. The highest BCUT2D eigenvalue weighted by molar-refractivity contribution is 5.99. The number of ether oxygens (including phenoxy) is 1. The number of hydrogen-bond acceptors (Lipinski definition) is 5. The fraction of sp³-hybridized carbons (Fsp3) is 0.571. The molecular weight excluding hydrogens is 276 g/mol. The van der Waals surface area contributed by atoms with Crippen molar-refractivity contribution in [3.63, 3.8) is 0 Å². The highest BCUT2D eigenvalue weighted by Crippen LogP contribution is 2.34. The second-order valence-electron chi connectivity index (χ2n) is 5.25. The van der Waals surface area contributed by atoms with Crippen molar-refractivity contribution in [2.24, 2.45) is 5.92 Å². The first-order valence-corrected chi connectivity index (χ1v) is 6.86. The lowest BCUT2D eigenvalue weighted by Gasteiger charge is -2.06. The molecule has 114 valence electrons. The Balaban J connectivity index is 1.94. The zero-order chi connectivity index (χ0) is 15.7. The lowest BCUT2D eigenvalue weighted by atomic mass is 10.1. The van der Waals surface area contributed by atoms with Crippen molar-refractivity contribution < 1.29 is 19.2 Å². The molecule has 1 aliphatic rings. The van der Waals surface area contributed by atoms with Crippen LogP contribution in [0.4, 0.5) is 0 Å². The van der Waals surface area contributed by atoms with E-state index in [4.69, 9.17) is 4.74 Å². The lowest BCUT2D eigenvalue weighted by molar-refractivity contribution is -0.497. The average Bonchev–Trinajstić information content (AvgIpc) is 3.17. The Morgan fingerprint density at radius 2 is 2.14 bits per heavy atom. The number of carbonyl (C=O) groups excluding carboxylic acids is 2. The third-order valence-corrected chi connectivity index (χ3v) is 3.87. The summed E-state index contributed by atoms with van der Waals surface area (Å²) in [5.41, 5.74) is 2.34. The zero-order valence-electron chi connectivity index (χ0n) is 12.3. The Hall–Kier alpha value is -2.18. The second kappa shape index (κ2) is 5.67. The van der Waals surface area contributed by atoms with Gasteiger partial charge in [-0.25, -0.2) is 0 Å². The molecule has 0 amide bonds. The van der Waals surface area contributed by atoms with Crippen LogP contribution in [0.15, 0.2) is 6.07 Å². The van der Waals surface area contributed by atoms with Crippen molar-refractivity contribution in [3.05, 3.63) is 33.1 Å². The van der Waals surface area contributed by atoms with Crippen LogP contribution in [0.3, 0.4) is 0 Å². The zero-order valence-corrected chi connectivity index (χ0v) is 12.3. The minimum atomic E-state index is -0.849. The standard InChI is InChI=1S/C14H18N2O5/c1-4-15-8(2)5-10(9(15)3)13(17)7-21-14(18)11-6-12(11)16(19)20/h5,11-12H,4,6-7H2,1-3H3. The Labute approximate surface area is 122 Å². The predicted octanol–water partition coefficient (Wildman–Crippen LogP) is 1.52. The van der Waals surface area contributed by atoms with E-state index in [1.54, 1.807) is 6.07 Å². The second-order valence-corrected chi connectivity index (χ2v) is 5.25. The maximum Gasteiger partial charge on any atom is 0.316 e. The summed E-state index contributed by atoms with van der Waals surface area (Å²) in [5.74, 6) is -1.64. The molecule has 1 saturated carbocycles. The Morgan fingerprint density at radius 3 is 2.62 bits per heavy atom. The first-order chi connectivity index (χ1) is 9.86. The third kappa shape index (κ3) is 2.96. The summed E-state index contributed by atoms with van der Waals surface area (Å²) in [4.78, 5) is 33.7. The molecule has 1 aromatic heterocycles. The molecule has 0 N–H and O–H groups in total. The molecular formula is C14H18N2O5. The molecule has 1 heterocycles. The van der Waals surface area contributed by atoms with E-state index in [0.717, 1.165) is 17.9 Å². The molecule has 0 aliphatic heterocycles. The molecule has 2 unspecified atom stereocenters. The molecule has 1 fully saturated rings. The first-order valence-electron chi connectivity index (χ1n) is 6.86. The molecule has 2 atom stereocenters. The van der Waals surface area contributed by atoms with Crippen LogP contribution < -0.4 is 0 Å². The number of nitrogens with zero attached hydrogens (tertiary/aromatic N) is 2. The summed E-state index contributed by atoms with van der Waals surface area (Å²) in [6.07, 6.45) is 0.199. The monoisotopic (exact) mass is 294 g/mol. The van der Waals surface area contributed by atoms with Gasteiger partial charge in [0.15, 0.2) is 6.61 Å². The quantitative estimate of drug-likeness (QED) is 0.343. The van der Waals surface area contributed by atoms with Gasteiger partial charge in [0.25, 0.3) is 0 Å². The van der Waals surface area contributed by atoms with E-state index < -0.39 is 22.9 Å². The predicted molar refractivity (Wildman–Crippen MR) is 73.8 cm³/mol. The molecule has 0 radical (unpaired) electrons. The molecule has 1 aliphatic carbocycles. The van der Waals surface area contributed by atoms with Crippen molar-refractivity contribution >= 4 is 11.8 Å². The first kappa shape index (κ1) is 15.2. The van der Waals surface area contributed by atoms with Crippen LogP contribution in [0.5, 0.6) is 0 Å². The van der Waals surface area contributed by atoms with Crippen molar-refractivity contribution in [2.75, 3.05) is 6.61 Å². The maximum absolute atomic E-state index is 12.1. The topological polar surface area (TPSA) is 91.4 Å². The number of ketones is 1. The highest BCUT2D eigenvalue weighted by Gasteiger charge is 2.54. The molecule has 0 aromatic carbocycles. The van der Waals surface area contributed by atoms with Gasteiger partial charge in [-0.2, -0.15) is 0 Å². The van der Waals surface area contributed by atoms with Gasteiger partial charge in [0.2, 0.25) is 11.8 Å². The van der Waals surface area contributed by atoms with E-state index in [0.29, 0.717) is 5.56 Å². The van der Waals surface area contributed by atoms with Crippen molar-refractivity contribution in [2.45, 2.75) is 39.8 Å². The van der Waals surface area contributed by atoms with Gasteiger partial charge >= 0.3 is 5.97 Å². The number of hydrogen-bond donors (Lipinski definition) is 0. The lowest BCUT2D eigenvalue weighted by Crippen LogP contribution is -2.18. The largest absolute Gasteiger partial charge is 0.457 e. The number of carbonyl (C=O) groups is 2. The summed E-state index contributed by atoms with van der Waals surface area (Å²) in [7, 11) is 0. The van der Waals surface area contributed by atoms with Gasteiger partial charge in [-0.05, 0) is 26.8 Å². The van der Waals surface area contributed by atoms with Crippen LogP contribution in [-0.2, 0) is 16.1 Å². The van der Waals surface area contributed by atoms with Crippen LogP contribution in [0, 0.1) is 29.9 Å². The van der Waals surface area contributed by atoms with Crippen LogP contribution in [0.25, 0.3) is 0 Å². The van der Waals surface area contributed by atoms with E-state index in [2.05, 4.69) is 0 Å². The summed E-state index contributed by atoms with van der Waals surface area (Å²) in [6.45, 7) is 6.13. The normalized spacial score (nSPS) is 20.1. The van der Waals surface area contributed by atoms with Crippen molar-refractivity contribution in [3.8, 4) is 0 Å². The summed E-state index contributed by atoms with van der Waals surface area (Å²) in [6, 6.07) is 0.920. The SMILES string of the molecule is CCn1c(C)cc(C(=O)COC(=O)C2CC2[N+](=O)[O-])c1C. The van der Waals surface area contributed by atoms with E-state index in [1.165, 1.54) is 0 Å². The Morgan fingerprint density at radius 1 is 1.48 bits per heavy atom. The van der Waals surface area contributed by atoms with E-state index in [9.17, 15) is 19.7 Å². The Kier molecular flexibility index (Phi) is 4.11. The number of rotatable bonds is 6. The molecule has 7 nitrogen and oxygen atoms in total. The van der Waals surface area contributed by atoms with Gasteiger partial charge in [-0.1, -0.05) is 0 Å². The molecule has 21 heavy (non-hydrogen) atoms. The number of esters is 1. The van der Waals surface area contributed by atoms with Crippen LogP contribution >= 0.6 is 0 Å². The molecule has 0 saturated heterocycles. The van der Waals surface area contributed by atoms with E-state index in [-0.39, 0.29) is 18.8 Å². The number of nitro groups is 1. The molecule has 0 spiro atoms. The van der Waals surface area contributed by atoms with Crippen LogP contribution in [-0.4, -0.2) is 33.9 Å². The van der Waals surface area contributed by atoms with Gasteiger partial charge in [-0.3, -0.25) is 19.7 Å². The molecule has 1 aromatic rings.